The van der Waals surface area contributed by atoms with Crippen molar-refractivity contribution in [3.05, 3.63) is 29.3 Å². The Morgan fingerprint density at radius 1 is 1.26 bits per heavy atom. The van der Waals surface area contributed by atoms with Crippen LogP contribution in [0.4, 0.5) is 5.69 Å². The van der Waals surface area contributed by atoms with E-state index in [1.165, 1.54) is 0 Å². The first kappa shape index (κ1) is 19.5. The molecule has 0 spiro atoms. The summed E-state index contributed by atoms with van der Waals surface area (Å²) in [6, 6.07) is 5.42. The third-order valence-corrected chi connectivity index (χ3v) is 4.10. The number of nitrogens with two attached hydrogens (primary N) is 1. The highest BCUT2D eigenvalue weighted by Gasteiger charge is 2.26. The number of anilines is 1. The lowest BCUT2D eigenvalue weighted by molar-refractivity contribution is -0.114. The zero-order valence-corrected chi connectivity index (χ0v) is 14.8. The lowest BCUT2D eigenvalue weighted by Crippen LogP contribution is -2.42. The van der Waals surface area contributed by atoms with E-state index in [-0.39, 0.29) is 30.8 Å². The highest BCUT2D eigenvalue weighted by molar-refractivity contribution is 5.98. The van der Waals surface area contributed by atoms with Gasteiger partial charge in [-0.05, 0) is 42.9 Å². The molecule has 1 saturated heterocycles. The van der Waals surface area contributed by atoms with Crippen LogP contribution < -0.4 is 11.1 Å². The van der Waals surface area contributed by atoms with Crippen molar-refractivity contribution in [2.75, 3.05) is 25.0 Å². The highest BCUT2D eigenvalue weighted by Crippen LogP contribution is 2.24. The largest absolute Gasteiger partial charge is 0.338 e. The average Bonchev–Trinajstić information content (AvgIpc) is 2.47. The quantitative estimate of drug-likeness (QED) is 0.888. The molecular weight excluding hydrogens is 314 g/mol. The summed E-state index contributed by atoms with van der Waals surface area (Å²) >= 11 is 0. The number of rotatable bonds is 3. The number of nitrogens with zero attached hydrogens (tertiary/aromatic N) is 1. The van der Waals surface area contributed by atoms with Gasteiger partial charge in [0.2, 0.25) is 5.91 Å². The van der Waals surface area contributed by atoms with Crippen molar-refractivity contribution < 1.29 is 9.59 Å². The van der Waals surface area contributed by atoms with Crippen LogP contribution in [0.15, 0.2) is 18.2 Å². The second-order valence-corrected chi connectivity index (χ2v) is 6.44. The average molecular weight is 340 g/mol. The molecule has 0 aliphatic carbocycles. The molecular formula is C17H26ClN3O2. The fourth-order valence-corrected chi connectivity index (χ4v) is 3.10. The summed E-state index contributed by atoms with van der Waals surface area (Å²) in [5.74, 6) is 0.818. The molecule has 2 unspecified atom stereocenters. The monoisotopic (exact) mass is 339 g/mol. The van der Waals surface area contributed by atoms with Gasteiger partial charge in [-0.1, -0.05) is 19.9 Å². The maximum atomic E-state index is 12.7. The number of carbonyl (C=O) groups is 2. The minimum atomic E-state index is -0.257. The number of likely N-dealkylation sites (tertiary alicyclic amines) is 1. The second kappa shape index (κ2) is 8.31. The molecule has 1 aliphatic heterocycles. The van der Waals surface area contributed by atoms with Gasteiger partial charge in [0, 0.05) is 24.3 Å². The van der Waals surface area contributed by atoms with Crippen LogP contribution in [-0.4, -0.2) is 36.3 Å². The Hall–Kier alpha value is -1.59. The fraction of sp³-hybridized carbons (Fsp3) is 0.529. The molecule has 6 heteroatoms. The van der Waals surface area contributed by atoms with Crippen molar-refractivity contribution in [1.29, 1.82) is 0 Å². The Kier molecular flexibility index (Phi) is 7.03. The van der Waals surface area contributed by atoms with Gasteiger partial charge in [0.05, 0.1) is 6.54 Å². The summed E-state index contributed by atoms with van der Waals surface area (Å²) in [5.41, 5.74) is 7.51. The Balaban J connectivity index is 0.00000264. The third kappa shape index (κ3) is 4.94. The van der Waals surface area contributed by atoms with Crippen molar-refractivity contribution in [1.82, 2.24) is 4.90 Å². The minimum absolute atomic E-state index is 0. The summed E-state index contributed by atoms with van der Waals surface area (Å²) in [6.45, 7) is 7.77. The number of amides is 2. The van der Waals surface area contributed by atoms with E-state index in [9.17, 15) is 9.59 Å². The Bertz CT molecular complexity index is 567. The molecule has 1 aromatic carbocycles. The molecule has 0 aromatic heterocycles. The number of hydrogen-bond acceptors (Lipinski definition) is 3. The van der Waals surface area contributed by atoms with Gasteiger partial charge in [-0.2, -0.15) is 0 Å². The van der Waals surface area contributed by atoms with Crippen molar-refractivity contribution >= 4 is 29.9 Å². The van der Waals surface area contributed by atoms with E-state index in [4.69, 9.17) is 5.73 Å². The molecule has 1 heterocycles. The molecule has 23 heavy (non-hydrogen) atoms. The maximum Gasteiger partial charge on any atom is 0.253 e. The van der Waals surface area contributed by atoms with Crippen molar-refractivity contribution in [3.63, 3.8) is 0 Å². The van der Waals surface area contributed by atoms with Gasteiger partial charge in [0.1, 0.15) is 0 Å². The number of hydrogen-bond donors (Lipinski definition) is 2. The van der Waals surface area contributed by atoms with E-state index in [0.29, 0.717) is 23.1 Å². The molecule has 1 aromatic rings. The van der Waals surface area contributed by atoms with Crippen LogP contribution in [0.3, 0.4) is 0 Å². The molecule has 1 fully saturated rings. The van der Waals surface area contributed by atoms with Gasteiger partial charge in [0.15, 0.2) is 0 Å². The number of benzene rings is 1. The molecule has 2 amide bonds. The van der Waals surface area contributed by atoms with Crippen molar-refractivity contribution in [3.8, 4) is 0 Å². The lowest BCUT2D eigenvalue weighted by atomic mass is 9.91. The van der Waals surface area contributed by atoms with Crippen LogP contribution in [0, 0.1) is 18.8 Å². The topological polar surface area (TPSA) is 75.4 Å². The molecule has 128 valence electrons. The molecule has 3 N–H and O–H groups in total. The summed E-state index contributed by atoms with van der Waals surface area (Å²) in [5, 5.41) is 2.74. The van der Waals surface area contributed by atoms with E-state index in [2.05, 4.69) is 19.2 Å². The van der Waals surface area contributed by atoms with Crippen LogP contribution in [0.2, 0.25) is 0 Å². The molecule has 5 nitrogen and oxygen atoms in total. The molecule has 0 bridgehead atoms. The van der Waals surface area contributed by atoms with E-state index < -0.39 is 0 Å². The predicted molar refractivity (Wildman–Crippen MR) is 95.0 cm³/mol. The number of nitrogens with one attached hydrogen (secondary N) is 1. The van der Waals surface area contributed by atoms with Crippen LogP contribution in [0.5, 0.6) is 0 Å². The number of aryl methyl sites for hydroxylation is 1. The standard InChI is InChI=1S/C17H25N3O2.ClH/c1-11-6-12(2)10-20(9-11)17(22)14-5-4-13(3)15(7-14)19-16(21)8-18;/h4-5,7,11-12H,6,8-10,18H2,1-3H3,(H,19,21);1H. The Morgan fingerprint density at radius 2 is 1.87 bits per heavy atom. The maximum absolute atomic E-state index is 12.7. The van der Waals surface area contributed by atoms with Gasteiger partial charge in [0.25, 0.3) is 5.91 Å². The van der Waals surface area contributed by atoms with Gasteiger partial charge in [-0.25, -0.2) is 0 Å². The highest BCUT2D eigenvalue weighted by atomic mass is 35.5. The van der Waals surface area contributed by atoms with Crippen LogP contribution in [0.1, 0.15) is 36.2 Å². The van der Waals surface area contributed by atoms with Crippen LogP contribution >= 0.6 is 12.4 Å². The van der Waals surface area contributed by atoms with Gasteiger partial charge < -0.3 is 16.0 Å². The van der Waals surface area contributed by atoms with Crippen molar-refractivity contribution in [2.24, 2.45) is 17.6 Å². The summed E-state index contributed by atoms with van der Waals surface area (Å²) < 4.78 is 0. The van der Waals surface area contributed by atoms with E-state index in [1.54, 1.807) is 6.07 Å². The summed E-state index contributed by atoms with van der Waals surface area (Å²) in [6.07, 6.45) is 1.16. The third-order valence-electron chi connectivity index (χ3n) is 4.10. The van der Waals surface area contributed by atoms with E-state index in [0.717, 1.165) is 25.1 Å². The minimum Gasteiger partial charge on any atom is -0.338 e. The first-order valence-electron chi connectivity index (χ1n) is 7.80. The number of carbonyl (C=O) groups excluding carboxylic acids is 2. The Labute approximate surface area is 144 Å². The summed E-state index contributed by atoms with van der Waals surface area (Å²) in [7, 11) is 0. The van der Waals surface area contributed by atoms with Gasteiger partial charge >= 0.3 is 0 Å². The number of piperidine rings is 1. The van der Waals surface area contributed by atoms with E-state index in [1.807, 2.05) is 24.0 Å². The zero-order valence-electron chi connectivity index (χ0n) is 14.0. The van der Waals surface area contributed by atoms with Gasteiger partial charge in [-0.3, -0.25) is 9.59 Å². The molecule has 1 aliphatic rings. The normalized spacial score (nSPS) is 20.6. The first-order chi connectivity index (χ1) is 10.4. The molecule has 0 radical (unpaired) electrons. The molecule has 2 atom stereocenters. The Morgan fingerprint density at radius 3 is 2.43 bits per heavy atom. The SMILES string of the molecule is Cc1ccc(C(=O)N2CC(C)CC(C)C2)cc1NC(=O)CN.Cl. The van der Waals surface area contributed by atoms with Crippen LogP contribution in [-0.2, 0) is 4.79 Å². The molecule has 0 saturated carbocycles. The predicted octanol–water partition coefficient (Wildman–Crippen LogP) is 2.43. The number of halogens is 1. The summed E-state index contributed by atoms with van der Waals surface area (Å²) in [4.78, 5) is 26.1. The second-order valence-electron chi connectivity index (χ2n) is 6.44. The van der Waals surface area contributed by atoms with E-state index >= 15 is 0 Å². The fourth-order valence-electron chi connectivity index (χ4n) is 3.10. The lowest BCUT2D eigenvalue weighted by Gasteiger charge is -2.35. The smallest absolute Gasteiger partial charge is 0.253 e. The van der Waals surface area contributed by atoms with Gasteiger partial charge in [-0.15, -0.1) is 12.4 Å². The zero-order chi connectivity index (χ0) is 16.3. The first-order valence-corrected chi connectivity index (χ1v) is 7.80. The molecule has 2 rings (SSSR count). The van der Waals surface area contributed by atoms with Crippen LogP contribution in [0.25, 0.3) is 0 Å². The van der Waals surface area contributed by atoms with Crippen molar-refractivity contribution in [2.45, 2.75) is 27.2 Å².